The second kappa shape index (κ2) is 7.51. The molecule has 2 saturated heterocycles. The maximum atomic E-state index is 12.5. The smallest absolute Gasteiger partial charge is 0.321 e. The minimum atomic E-state index is -0.127. The van der Waals surface area contributed by atoms with Gasteiger partial charge in [0.15, 0.2) is 0 Å². The highest BCUT2D eigenvalue weighted by atomic mass is 35.5. The number of benzene rings is 1. The Kier molecular flexibility index (Phi) is 4.95. The number of morpholine rings is 1. The highest BCUT2D eigenvalue weighted by Gasteiger charge is 2.32. The van der Waals surface area contributed by atoms with Crippen LogP contribution in [0.5, 0.6) is 0 Å². The molecule has 0 atom stereocenters. The number of carbonyl (C=O) groups is 1. The van der Waals surface area contributed by atoms with Crippen LogP contribution in [0.3, 0.4) is 0 Å². The second-order valence-corrected chi connectivity index (χ2v) is 6.96. The third kappa shape index (κ3) is 3.61. The van der Waals surface area contributed by atoms with E-state index in [1.165, 1.54) is 0 Å². The lowest BCUT2D eigenvalue weighted by Gasteiger charge is -2.38. The summed E-state index contributed by atoms with van der Waals surface area (Å²) in [5.41, 5.74) is 2.72. The van der Waals surface area contributed by atoms with Crippen molar-refractivity contribution >= 4 is 29.0 Å². The van der Waals surface area contributed by atoms with E-state index >= 15 is 0 Å². The maximum Gasteiger partial charge on any atom is 0.321 e. The van der Waals surface area contributed by atoms with Crippen LogP contribution in [-0.2, 0) is 4.74 Å². The van der Waals surface area contributed by atoms with E-state index in [-0.39, 0.29) is 6.03 Å². The van der Waals surface area contributed by atoms with E-state index in [1.54, 1.807) is 11.1 Å². The number of nitrogens with one attached hydrogen (secondary N) is 1. The van der Waals surface area contributed by atoms with Gasteiger partial charge in [-0.15, -0.1) is 0 Å². The molecular formula is C19H21ClN4O2. The Morgan fingerprint density at radius 2 is 2.00 bits per heavy atom. The standard InChI is InChI=1S/C19H21ClN4O2/c20-16-5-4-15(23-7-9-26-10-8-23)11-18(16)22-19(25)24-12-14(13-24)17-3-1-2-6-21-17/h1-6,11,14H,7-10,12-13H2,(H,22,25). The molecule has 6 nitrogen and oxygen atoms in total. The number of halogens is 1. The highest BCUT2D eigenvalue weighted by Crippen LogP contribution is 2.30. The Morgan fingerprint density at radius 1 is 1.19 bits per heavy atom. The van der Waals surface area contributed by atoms with Crippen molar-refractivity contribution in [1.82, 2.24) is 9.88 Å². The number of aromatic nitrogens is 1. The van der Waals surface area contributed by atoms with Gasteiger partial charge >= 0.3 is 6.03 Å². The lowest BCUT2D eigenvalue weighted by molar-refractivity contribution is 0.122. The van der Waals surface area contributed by atoms with Gasteiger partial charge in [0.05, 0.1) is 23.9 Å². The van der Waals surface area contributed by atoms with Crippen LogP contribution in [-0.4, -0.2) is 55.3 Å². The molecule has 2 aliphatic rings. The van der Waals surface area contributed by atoms with Crippen LogP contribution in [0.25, 0.3) is 0 Å². The van der Waals surface area contributed by atoms with Crippen molar-refractivity contribution in [2.75, 3.05) is 49.6 Å². The predicted octanol–water partition coefficient (Wildman–Crippen LogP) is 3.20. The average molecular weight is 373 g/mol. The number of amides is 2. The second-order valence-electron chi connectivity index (χ2n) is 6.55. The van der Waals surface area contributed by atoms with Gasteiger partial charge in [-0.2, -0.15) is 0 Å². The van der Waals surface area contributed by atoms with Crippen molar-refractivity contribution in [2.24, 2.45) is 0 Å². The van der Waals surface area contributed by atoms with Crippen molar-refractivity contribution in [3.05, 3.63) is 53.3 Å². The SMILES string of the molecule is O=C(Nc1cc(N2CCOCC2)ccc1Cl)N1CC(c2ccccn2)C1. The molecule has 136 valence electrons. The minimum Gasteiger partial charge on any atom is -0.378 e. The molecule has 0 saturated carbocycles. The van der Waals surface area contributed by atoms with Crippen molar-refractivity contribution < 1.29 is 9.53 Å². The van der Waals surface area contributed by atoms with Crippen LogP contribution in [0, 0.1) is 0 Å². The fourth-order valence-electron chi connectivity index (χ4n) is 3.27. The first-order chi connectivity index (χ1) is 12.7. The number of pyridine rings is 1. The van der Waals surface area contributed by atoms with Crippen molar-refractivity contribution in [1.29, 1.82) is 0 Å². The lowest BCUT2D eigenvalue weighted by Crippen LogP contribution is -2.50. The van der Waals surface area contributed by atoms with Crippen molar-refractivity contribution in [2.45, 2.75) is 5.92 Å². The van der Waals surface area contributed by atoms with Gasteiger partial charge in [-0.25, -0.2) is 4.79 Å². The molecule has 26 heavy (non-hydrogen) atoms. The van der Waals surface area contributed by atoms with Crippen molar-refractivity contribution in [3.8, 4) is 0 Å². The normalized spacial score (nSPS) is 17.7. The summed E-state index contributed by atoms with van der Waals surface area (Å²) in [6, 6.07) is 11.5. The van der Waals surface area contributed by atoms with Gasteiger partial charge in [0, 0.05) is 49.7 Å². The van der Waals surface area contributed by atoms with Crippen LogP contribution >= 0.6 is 11.6 Å². The molecular weight excluding hydrogens is 352 g/mol. The number of anilines is 2. The maximum absolute atomic E-state index is 12.5. The van der Waals surface area contributed by atoms with E-state index < -0.39 is 0 Å². The number of carbonyl (C=O) groups excluding carboxylic acids is 1. The van der Waals surface area contributed by atoms with Crippen molar-refractivity contribution in [3.63, 3.8) is 0 Å². The van der Waals surface area contributed by atoms with Gasteiger partial charge in [0.25, 0.3) is 0 Å². The first kappa shape index (κ1) is 17.1. The molecule has 3 heterocycles. The number of urea groups is 1. The number of hydrogen-bond acceptors (Lipinski definition) is 4. The zero-order valence-corrected chi connectivity index (χ0v) is 15.2. The molecule has 1 aromatic carbocycles. The summed E-state index contributed by atoms with van der Waals surface area (Å²) in [7, 11) is 0. The van der Waals surface area contributed by atoms with Crippen LogP contribution < -0.4 is 10.2 Å². The minimum absolute atomic E-state index is 0.127. The Labute approximate surface area is 157 Å². The summed E-state index contributed by atoms with van der Waals surface area (Å²) in [4.78, 5) is 20.9. The van der Waals surface area contributed by atoms with Gasteiger partial charge < -0.3 is 19.9 Å². The van der Waals surface area contributed by atoms with E-state index in [1.807, 2.05) is 36.4 Å². The lowest BCUT2D eigenvalue weighted by atomic mass is 9.96. The number of nitrogens with zero attached hydrogens (tertiary/aromatic N) is 3. The molecule has 2 amide bonds. The Balaban J connectivity index is 1.38. The molecule has 2 aromatic rings. The van der Waals surface area contributed by atoms with E-state index in [9.17, 15) is 4.79 Å². The zero-order valence-electron chi connectivity index (χ0n) is 14.4. The number of rotatable bonds is 3. The first-order valence-electron chi connectivity index (χ1n) is 8.80. The highest BCUT2D eigenvalue weighted by molar-refractivity contribution is 6.33. The molecule has 2 aliphatic heterocycles. The van der Waals surface area contributed by atoms with Crippen LogP contribution in [0.1, 0.15) is 11.6 Å². The third-order valence-electron chi connectivity index (χ3n) is 4.84. The molecule has 1 aromatic heterocycles. The summed E-state index contributed by atoms with van der Waals surface area (Å²) in [6.07, 6.45) is 1.79. The topological polar surface area (TPSA) is 57.7 Å². The zero-order chi connectivity index (χ0) is 17.9. The summed E-state index contributed by atoms with van der Waals surface area (Å²) >= 11 is 6.28. The fraction of sp³-hybridized carbons (Fsp3) is 0.368. The molecule has 4 rings (SSSR count). The summed E-state index contributed by atoms with van der Waals surface area (Å²) < 4.78 is 5.39. The largest absolute Gasteiger partial charge is 0.378 e. The molecule has 0 bridgehead atoms. The van der Waals surface area contributed by atoms with E-state index in [0.29, 0.717) is 42.9 Å². The Morgan fingerprint density at radius 3 is 2.73 bits per heavy atom. The molecule has 2 fully saturated rings. The third-order valence-corrected chi connectivity index (χ3v) is 5.17. The van der Waals surface area contributed by atoms with E-state index in [2.05, 4.69) is 15.2 Å². The van der Waals surface area contributed by atoms with Gasteiger partial charge in [-0.05, 0) is 30.3 Å². The summed E-state index contributed by atoms with van der Waals surface area (Å²) in [5.74, 6) is 0.303. The fourth-order valence-corrected chi connectivity index (χ4v) is 3.44. The molecule has 0 spiro atoms. The summed E-state index contributed by atoms with van der Waals surface area (Å²) in [6.45, 7) is 4.45. The van der Waals surface area contributed by atoms with Crippen LogP contribution in [0.15, 0.2) is 42.6 Å². The molecule has 0 aliphatic carbocycles. The number of likely N-dealkylation sites (tertiary alicyclic amines) is 1. The van der Waals surface area contributed by atoms with Crippen LogP contribution in [0.2, 0.25) is 5.02 Å². The quantitative estimate of drug-likeness (QED) is 0.898. The van der Waals surface area contributed by atoms with Gasteiger partial charge in [-0.1, -0.05) is 17.7 Å². The molecule has 1 N–H and O–H groups in total. The summed E-state index contributed by atoms with van der Waals surface area (Å²) in [5, 5.41) is 3.48. The molecule has 7 heteroatoms. The molecule has 0 radical (unpaired) electrons. The van der Waals surface area contributed by atoms with E-state index in [4.69, 9.17) is 16.3 Å². The van der Waals surface area contributed by atoms with Gasteiger partial charge in [0.1, 0.15) is 0 Å². The predicted molar refractivity (Wildman–Crippen MR) is 102 cm³/mol. The van der Waals surface area contributed by atoms with Gasteiger partial charge in [-0.3, -0.25) is 4.98 Å². The average Bonchev–Trinajstić information content (AvgIpc) is 2.64. The van der Waals surface area contributed by atoms with Crippen LogP contribution in [0.4, 0.5) is 16.2 Å². The number of hydrogen-bond donors (Lipinski definition) is 1. The Bertz CT molecular complexity index is 774. The van der Waals surface area contributed by atoms with Gasteiger partial charge in [0.2, 0.25) is 0 Å². The molecule has 0 unspecified atom stereocenters. The van der Waals surface area contributed by atoms with E-state index in [0.717, 1.165) is 24.5 Å². The number of ether oxygens (including phenoxy) is 1. The Hall–Kier alpha value is -2.31. The first-order valence-corrected chi connectivity index (χ1v) is 9.17. The monoisotopic (exact) mass is 372 g/mol.